The molecule has 1 rings (SSSR count). The van der Waals surface area contributed by atoms with E-state index in [1.807, 2.05) is 0 Å². The normalized spacial score (nSPS) is 10.5. The quantitative estimate of drug-likeness (QED) is 0.842. The number of carbonyl (C=O) groups excluding carboxylic acids is 1. The predicted octanol–water partition coefficient (Wildman–Crippen LogP) is 2.05. The first-order chi connectivity index (χ1) is 9.86. The Bertz CT molecular complexity index is 490. The molecule has 6 nitrogen and oxygen atoms in total. The smallest absolute Gasteiger partial charge is 0.325 e. The highest BCUT2D eigenvalue weighted by molar-refractivity contribution is 6.30. The second kappa shape index (κ2) is 7.85. The molecule has 0 aromatic heterocycles. The number of carboxylic acids is 1. The number of aliphatic hydroxyl groups is 1. The van der Waals surface area contributed by atoms with E-state index < -0.39 is 18.5 Å². The number of aliphatic carboxylic acids is 1. The van der Waals surface area contributed by atoms with Crippen molar-refractivity contribution in [2.24, 2.45) is 0 Å². The van der Waals surface area contributed by atoms with Gasteiger partial charge in [-0.05, 0) is 38.1 Å². The van der Waals surface area contributed by atoms with Crippen LogP contribution >= 0.6 is 11.6 Å². The number of hydrogen-bond acceptors (Lipinski definition) is 3. The second-order valence-corrected chi connectivity index (χ2v) is 5.19. The number of aliphatic hydroxyl groups excluding tert-OH is 1. The number of halogens is 1. The van der Waals surface area contributed by atoms with Crippen LogP contribution in [-0.4, -0.2) is 52.9 Å². The molecule has 0 saturated heterocycles. The highest BCUT2D eigenvalue weighted by atomic mass is 35.5. The van der Waals surface area contributed by atoms with Gasteiger partial charge in [-0.2, -0.15) is 0 Å². The standard InChI is InChI=1S/C14H19ClN2O4/c1-10(2)16(7-8-18)14(21)17(9-13(19)20)12-5-3-11(15)4-6-12/h3-6,10,18H,7-9H2,1-2H3,(H,19,20). The molecule has 0 aliphatic rings. The molecular weight excluding hydrogens is 296 g/mol. The number of benzene rings is 1. The Balaban J connectivity index is 3.08. The summed E-state index contributed by atoms with van der Waals surface area (Å²) in [5.74, 6) is -1.12. The van der Waals surface area contributed by atoms with Gasteiger partial charge < -0.3 is 15.1 Å². The zero-order valence-corrected chi connectivity index (χ0v) is 12.7. The molecule has 0 saturated carbocycles. The van der Waals surface area contributed by atoms with E-state index in [0.29, 0.717) is 10.7 Å². The van der Waals surface area contributed by atoms with Gasteiger partial charge in [-0.15, -0.1) is 0 Å². The third kappa shape index (κ3) is 4.91. The first-order valence-corrected chi connectivity index (χ1v) is 6.91. The van der Waals surface area contributed by atoms with Crippen molar-refractivity contribution in [3.05, 3.63) is 29.3 Å². The summed E-state index contributed by atoms with van der Waals surface area (Å²) in [5, 5.41) is 18.6. The van der Waals surface area contributed by atoms with Gasteiger partial charge in [0.25, 0.3) is 0 Å². The lowest BCUT2D eigenvalue weighted by Gasteiger charge is -2.32. The predicted molar refractivity (Wildman–Crippen MR) is 80.8 cm³/mol. The molecule has 0 unspecified atom stereocenters. The van der Waals surface area contributed by atoms with Gasteiger partial charge in [0.2, 0.25) is 0 Å². The van der Waals surface area contributed by atoms with Crippen LogP contribution < -0.4 is 4.90 Å². The van der Waals surface area contributed by atoms with Crippen LogP contribution in [0.3, 0.4) is 0 Å². The lowest BCUT2D eigenvalue weighted by molar-refractivity contribution is -0.135. The summed E-state index contributed by atoms with van der Waals surface area (Å²) in [4.78, 5) is 26.1. The molecule has 0 aliphatic heterocycles. The maximum Gasteiger partial charge on any atom is 0.325 e. The van der Waals surface area contributed by atoms with Crippen LogP contribution in [-0.2, 0) is 4.79 Å². The Morgan fingerprint density at radius 2 is 1.81 bits per heavy atom. The molecule has 2 N–H and O–H groups in total. The molecular formula is C14H19ClN2O4. The van der Waals surface area contributed by atoms with Crippen molar-refractivity contribution in [2.45, 2.75) is 19.9 Å². The third-order valence-electron chi connectivity index (χ3n) is 2.87. The number of rotatable bonds is 6. The van der Waals surface area contributed by atoms with Crippen LogP contribution in [0.25, 0.3) is 0 Å². The summed E-state index contributed by atoms with van der Waals surface area (Å²) in [5.41, 5.74) is 0.440. The Hall–Kier alpha value is -1.79. The van der Waals surface area contributed by atoms with Crippen LogP contribution in [0.15, 0.2) is 24.3 Å². The van der Waals surface area contributed by atoms with Gasteiger partial charge in [0.15, 0.2) is 0 Å². The van der Waals surface area contributed by atoms with Crippen LogP contribution in [0.1, 0.15) is 13.8 Å². The van der Waals surface area contributed by atoms with E-state index in [0.717, 1.165) is 4.90 Å². The first-order valence-electron chi connectivity index (χ1n) is 6.53. The summed E-state index contributed by atoms with van der Waals surface area (Å²) in [6.45, 7) is 3.09. The van der Waals surface area contributed by atoms with Crippen molar-refractivity contribution < 1.29 is 19.8 Å². The van der Waals surface area contributed by atoms with Crippen LogP contribution in [0.4, 0.5) is 10.5 Å². The Kier molecular flexibility index (Phi) is 6.45. The van der Waals surface area contributed by atoms with Gasteiger partial charge in [-0.25, -0.2) is 4.79 Å². The van der Waals surface area contributed by atoms with Crippen molar-refractivity contribution in [3.8, 4) is 0 Å². The highest BCUT2D eigenvalue weighted by Gasteiger charge is 2.25. The van der Waals surface area contributed by atoms with E-state index in [-0.39, 0.29) is 19.2 Å². The topological polar surface area (TPSA) is 81.1 Å². The van der Waals surface area contributed by atoms with E-state index in [9.17, 15) is 9.59 Å². The second-order valence-electron chi connectivity index (χ2n) is 4.75. The summed E-state index contributed by atoms with van der Waals surface area (Å²) < 4.78 is 0. The Morgan fingerprint density at radius 3 is 2.24 bits per heavy atom. The fraction of sp³-hybridized carbons (Fsp3) is 0.429. The van der Waals surface area contributed by atoms with Crippen molar-refractivity contribution in [2.75, 3.05) is 24.6 Å². The monoisotopic (exact) mass is 314 g/mol. The van der Waals surface area contributed by atoms with E-state index in [1.165, 1.54) is 4.90 Å². The van der Waals surface area contributed by atoms with Crippen LogP contribution in [0.2, 0.25) is 5.02 Å². The number of carbonyl (C=O) groups is 2. The molecule has 0 bridgehead atoms. The number of urea groups is 1. The third-order valence-corrected chi connectivity index (χ3v) is 3.12. The summed E-state index contributed by atoms with van der Waals surface area (Å²) in [6.07, 6.45) is 0. The number of carboxylic acid groups (broad SMARTS) is 1. The number of hydrogen-bond donors (Lipinski definition) is 2. The van der Waals surface area contributed by atoms with Gasteiger partial charge in [0, 0.05) is 23.3 Å². The minimum Gasteiger partial charge on any atom is -0.480 e. The zero-order chi connectivity index (χ0) is 16.0. The fourth-order valence-corrected chi connectivity index (χ4v) is 1.99. The molecule has 7 heteroatoms. The van der Waals surface area contributed by atoms with Crippen LogP contribution in [0, 0.1) is 0 Å². The van der Waals surface area contributed by atoms with Gasteiger partial charge in [-0.1, -0.05) is 11.6 Å². The van der Waals surface area contributed by atoms with Crippen molar-refractivity contribution >= 4 is 29.3 Å². The molecule has 0 spiro atoms. The lowest BCUT2D eigenvalue weighted by Crippen LogP contribution is -2.49. The number of nitrogens with zero attached hydrogens (tertiary/aromatic N) is 2. The number of anilines is 1. The molecule has 0 fully saturated rings. The van der Waals surface area contributed by atoms with Crippen molar-refractivity contribution in [1.29, 1.82) is 0 Å². The molecule has 1 aromatic carbocycles. The molecule has 1 aromatic rings. The molecule has 0 atom stereocenters. The lowest BCUT2D eigenvalue weighted by atomic mass is 10.2. The van der Waals surface area contributed by atoms with Gasteiger partial charge in [-0.3, -0.25) is 9.69 Å². The maximum absolute atomic E-state index is 12.5. The molecule has 2 amide bonds. The zero-order valence-electron chi connectivity index (χ0n) is 12.0. The van der Waals surface area contributed by atoms with E-state index in [2.05, 4.69) is 0 Å². The Morgan fingerprint density at radius 1 is 1.24 bits per heavy atom. The fourth-order valence-electron chi connectivity index (χ4n) is 1.86. The van der Waals surface area contributed by atoms with Gasteiger partial charge >= 0.3 is 12.0 Å². The van der Waals surface area contributed by atoms with E-state index in [4.69, 9.17) is 21.8 Å². The maximum atomic E-state index is 12.5. The summed E-state index contributed by atoms with van der Waals surface area (Å²) in [6, 6.07) is 5.72. The summed E-state index contributed by atoms with van der Waals surface area (Å²) >= 11 is 5.80. The molecule has 0 radical (unpaired) electrons. The first kappa shape index (κ1) is 17.3. The van der Waals surface area contributed by atoms with Gasteiger partial charge in [0.05, 0.1) is 6.61 Å². The largest absolute Gasteiger partial charge is 0.480 e. The van der Waals surface area contributed by atoms with Crippen LogP contribution in [0.5, 0.6) is 0 Å². The van der Waals surface area contributed by atoms with Crippen molar-refractivity contribution in [3.63, 3.8) is 0 Å². The average molecular weight is 315 g/mol. The minimum absolute atomic E-state index is 0.139. The summed E-state index contributed by atoms with van der Waals surface area (Å²) in [7, 11) is 0. The average Bonchev–Trinajstić information content (AvgIpc) is 2.42. The van der Waals surface area contributed by atoms with E-state index in [1.54, 1.807) is 38.1 Å². The molecule has 21 heavy (non-hydrogen) atoms. The van der Waals surface area contributed by atoms with E-state index >= 15 is 0 Å². The highest BCUT2D eigenvalue weighted by Crippen LogP contribution is 2.20. The van der Waals surface area contributed by atoms with Gasteiger partial charge in [0.1, 0.15) is 6.54 Å². The Labute approximate surface area is 128 Å². The minimum atomic E-state index is -1.12. The molecule has 116 valence electrons. The number of amides is 2. The SMILES string of the molecule is CC(C)N(CCO)C(=O)N(CC(=O)O)c1ccc(Cl)cc1. The molecule has 0 aliphatic carbocycles. The van der Waals surface area contributed by atoms with Crippen molar-refractivity contribution in [1.82, 2.24) is 4.90 Å². The molecule has 0 heterocycles.